The molecular formula is C42H49F2N5O6. The lowest BCUT2D eigenvalue weighted by atomic mass is 9.92. The third-order valence-electron chi connectivity index (χ3n) is 12.2. The molecule has 1 aromatic heterocycles. The molecule has 292 valence electrons. The molecule has 13 heteroatoms. The molecule has 2 bridgehead atoms. The van der Waals surface area contributed by atoms with Crippen molar-refractivity contribution < 1.29 is 37.3 Å². The van der Waals surface area contributed by atoms with Crippen LogP contribution >= 0.6 is 0 Å². The van der Waals surface area contributed by atoms with Gasteiger partial charge < -0.3 is 28.6 Å². The molecule has 0 N–H and O–H groups in total. The smallest absolute Gasteiger partial charge is 0.410 e. The van der Waals surface area contributed by atoms with E-state index in [0.29, 0.717) is 53.3 Å². The van der Waals surface area contributed by atoms with Gasteiger partial charge in [-0.3, -0.25) is 9.80 Å². The van der Waals surface area contributed by atoms with Crippen LogP contribution in [0.3, 0.4) is 0 Å². The van der Waals surface area contributed by atoms with Gasteiger partial charge in [0.15, 0.2) is 12.6 Å². The second kappa shape index (κ2) is 13.6. The van der Waals surface area contributed by atoms with E-state index in [-0.39, 0.29) is 55.8 Å². The molecule has 0 unspecified atom stereocenters. The minimum absolute atomic E-state index is 0.0338. The number of methoxy groups -OCH3 is 1. The minimum Gasteiger partial charge on any atom is -0.490 e. The first-order chi connectivity index (χ1) is 26.5. The number of ether oxygens (including phenoxy) is 5. The molecular weight excluding hydrogens is 708 g/mol. The van der Waals surface area contributed by atoms with E-state index in [1.54, 1.807) is 13.2 Å². The largest absolute Gasteiger partial charge is 0.490 e. The van der Waals surface area contributed by atoms with E-state index in [4.69, 9.17) is 33.7 Å². The highest BCUT2D eigenvalue weighted by atomic mass is 19.1. The molecule has 5 aliphatic heterocycles. The van der Waals surface area contributed by atoms with E-state index >= 15 is 4.39 Å². The lowest BCUT2D eigenvalue weighted by molar-refractivity contribution is 0.00544. The van der Waals surface area contributed by atoms with Crippen molar-refractivity contribution in [3.63, 3.8) is 0 Å². The van der Waals surface area contributed by atoms with E-state index < -0.39 is 23.1 Å². The average molecular weight is 758 g/mol. The van der Waals surface area contributed by atoms with Crippen molar-refractivity contribution in [2.45, 2.75) is 102 Å². The fourth-order valence-corrected chi connectivity index (χ4v) is 9.89. The molecule has 4 aromatic rings. The maximum absolute atomic E-state index is 17.6. The Labute approximate surface area is 319 Å². The van der Waals surface area contributed by atoms with Crippen molar-refractivity contribution in [2.24, 2.45) is 0 Å². The van der Waals surface area contributed by atoms with Crippen LogP contribution in [0.2, 0.25) is 0 Å². The number of aryl methyl sites for hydroxylation is 1. The van der Waals surface area contributed by atoms with Crippen LogP contribution in [-0.4, -0.2) is 108 Å². The highest BCUT2D eigenvalue weighted by Crippen LogP contribution is 2.48. The molecule has 4 saturated heterocycles. The summed E-state index contributed by atoms with van der Waals surface area (Å²) in [4.78, 5) is 29.7. The van der Waals surface area contributed by atoms with Crippen LogP contribution in [0.25, 0.3) is 32.8 Å². The summed E-state index contributed by atoms with van der Waals surface area (Å²) >= 11 is 0. The number of halogens is 2. The Balaban J connectivity index is 1.20. The summed E-state index contributed by atoms with van der Waals surface area (Å²) in [5.74, 6) is 0.959. The second-order valence-corrected chi connectivity index (χ2v) is 16.8. The molecule has 5 aliphatic rings. The lowest BCUT2D eigenvalue weighted by Gasteiger charge is -2.46. The minimum atomic E-state index is -0.922. The van der Waals surface area contributed by atoms with Gasteiger partial charge in [-0.05, 0) is 99.5 Å². The van der Waals surface area contributed by atoms with Gasteiger partial charge in [0.2, 0.25) is 0 Å². The van der Waals surface area contributed by atoms with Gasteiger partial charge >= 0.3 is 12.1 Å². The van der Waals surface area contributed by atoms with Gasteiger partial charge in [-0.1, -0.05) is 25.1 Å². The fourth-order valence-electron chi connectivity index (χ4n) is 9.89. The first-order valence-electron chi connectivity index (χ1n) is 19.6. The van der Waals surface area contributed by atoms with E-state index in [2.05, 4.69) is 22.8 Å². The number of amides is 1. The molecule has 1 amide bonds. The Bertz CT molecular complexity index is 2160. The van der Waals surface area contributed by atoms with Crippen LogP contribution in [0, 0.1) is 5.82 Å². The van der Waals surface area contributed by atoms with Gasteiger partial charge in [-0.25, -0.2) is 13.6 Å². The average Bonchev–Trinajstić information content (AvgIpc) is 3.76. The Morgan fingerprint density at radius 2 is 1.91 bits per heavy atom. The standard InChI is InChI=1S/C42H49F2N5O6/c1-6-24-9-7-10-25-15-28(54-23-51-5)16-29(34(24)25)30-17-33-35-37(36(30)44)45-39(53-22-42-13-8-14-47(42)19-26(43)18-42)46-38(35)48-20-27-11-12-31(32(48)21-52-33)49(27)40(50)55-41(2,3)4/h7,9-10,15-17,26-27,31-32H,6,8,11-14,18-23H2,1-5H3/t26-,27-,31+,32-,42+/m0/s1. The first kappa shape index (κ1) is 36.2. The van der Waals surface area contributed by atoms with Crippen molar-refractivity contribution in [3.8, 4) is 28.6 Å². The summed E-state index contributed by atoms with van der Waals surface area (Å²) in [6, 6.07) is 11.0. The highest BCUT2D eigenvalue weighted by molar-refractivity contribution is 6.05. The summed E-state index contributed by atoms with van der Waals surface area (Å²) in [5, 5.41) is 2.27. The van der Waals surface area contributed by atoms with Crippen molar-refractivity contribution >= 4 is 33.6 Å². The van der Waals surface area contributed by atoms with Crippen molar-refractivity contribution in [2.75, 3.05) is 51.7 Å². The normalized spacial score (nSPS) is 25.9. The van der Waals surface area contributed by atoms with E-state index in [9.17, 15) is 9.18 Å². The molecule has 4 fully saturated rings. The van der Waals surface area contributed by atoms with Gasteiger partial charge in [0, 0.05) is 32.2 Å². The summed E-state index contributed by atoms with van der Waals surface area (Å²) < 4.78 is 62.6. The van der Waals surface area contributed by atoms with Crippen molar-refractivity contribution in [3.05, 3.63) is 47.8 Å². The number of carbonyl (C=O) groups is 1. The van der Waals surface area contributed by atoms with Gasteiger partial charge in [0.05, 0.1) is 29.1 Å². The number of hydrogen-bond acceptors (Lipinski definition) is 10. The molecule has 5 atom stereocenters. The fraction of sp³-hybridized carbons (Fsp3) is 0.548. The van der Waals surface area contributed by atoms with Crippen molar-refractivity contribution in [1.82, 2.24) is 19.8 Å². The topological polar surface area (TPSA) is 98.7 Å². The number of aromatic nitrogens is 2. The lowest BCUT2D eigenvalue weighted by Crippen LogP contribution is -2.63. The van der Waals surface area contributed by atoms with Gasteiger partial charge in [-0.2, -0.15) is 9.97 Å². The van der Waals surface area contributed by atoms with Crippen LogP contribution in [0.15, 0.2) is 36.4 Å². The first-order valence-corrected chi connectivity index (χ1v) is 19.6. The summed E-state index contributed by atoms with van der Waals surface area (Å²) in [5.41, 5.74) is 0.992. The predicted octanol–water partition coefficient (Wildman–Crippen LogP) is 7.44. The monoisotopic (exact) mass is 757 g/mol. The van der Waals surface area contributed by atoms with Gasteiger partial charge in [0.25, 0.3) is 0 Å². The summed E-state index contributed by atoms with van der Waals surface area (Å²) in [6.07, 6.45) is 3.20. The van der Waals surface area contributed by atoms with Crippen LogP contribution in [0.5, 0.6) is 17.5 Å². The zero-order valence-electron chi connectivity index (χ0n) is 32.2. The zero-order chi connectivity index (χ0) is 38.2. The Morgan fingerprint density at radius 1 is 1.05 bits per heavy atom. The molecule has 0 spiro atoms. The maximum Gasteiger partial charge on any atom is 0.410 e. The number of nitrogens with zero attached hydrogens (tertiary/aromatic N) is 5. The Morgan fingerprint density at radius 3 is 2.71 bits per heavy atom. The number of hydrogen-bond donors (Lipinski definition) is 0. The highest BCUT2D eigenvalue weighted by Gasteiger charge is 2.52. The number of alkyl halides is 1. The zero-order valence-corrected chi connectivity index (χ0v) is 32.2. The van der Waals surface area contributed by atoms with E-state index in [1.807, 2.05) is 49.9 Å². The molecule has 0 aliphatic carbocycles. The molecule has 3 aromatic carbocycles. The molecule has 6 heterocycles. The summed E-state index contributed by atoms with van der Waals surface area (Å²) in [6.45, 7) is 9.83. The van der Waals surface area contributed by atoms with Crippen LogP contribution in [-0.2, 0) is 15.9 Å². The second-order valence-electron chi connectivity index (χ2n) is 16.8. The predicted molar refractivity (Wildman–Crippen MR) is 204 cm³/mol. The number of anilines is 1. The molecule has 0 radical (unpaired) electrons. The number of carbonyl (C=O) groups excluding carboxylic acids is 1. The van der Waals surface area contributed by atoms with Crippen LogP contribution in [0.4, 0.5) is 19.4 Å². The van der Waals surface area contributed by atoms with Crippen LogP contribution < -0.4 is 19.1 Å². The third-order valence-corrected chi connectivity index (χ3v) is 12.2. The van der Waals surface area contributed by atoms with E-state index in [0.717, 1.165) is 55.0 Å². The van der Waals surface area contributed by atoms with Gasteiger partial charge in [0.1, 0.15) is 47.8 Å². The number of piperazine rings is 1. The van der Waals surface area contributed by atoms with E-state index in [1.165, 1.54) is 0 Å². The summed E-state index contributed by atoms with van der Waals surface area (Å²) in [7, 11) is 1.56. The molecule has 9 rings (SSSR count). The number of fused-ring (bicyclic) bond motifs is 7. The molecule has 0 saturated carbocycles. The van der Waals surface area contributed by atoms with Crippen LogP contribution in [0.1, 0.15) is 65.4 Å². The number of rotatable bonds is 8. The quantitative estimate of drug-likeness (QED) is 0.169. The SMILES string of the molecule is CCc1cccc2cc(OCOC)cc(-c3cc4c5c(nc(OC[C@]67CCCN6C[C@@H](F)C7)nc5c3F)N3C[C@@H]5CC[C@H]([C@@H]3CO4)N5C(=O)OC(C)(C)C)c12. The Kier molecular flexibility index (Phi) is 8.95. The number of benzene rings is 3. The van der Waals surface area contributed by atoms with Gasteiger partial charge in [-0.15, -0.1) is 0 Å². The van der Waals surface area contributed by atoms with Crippen molar-refractivity contribution in [1.29, 1.82) is 0 Å². The third kappa shape index (κ3) is 6.18. The maximum atomic E-state index is 17.6. The Hall–Kier alpha value is -4.49. The molecule has 55 heavy (non-hydrogen) atoms. The molecule has 11 nitrogen and oxygen atoms in total.